The maximum absolute atomic E-state index is 11.8. The molecule has 1 aromatic rings. The van der Waals surface area contributed by atoms with Gasteiger partial charge in [-0.3, -0.25) is 19.3 Å². The van der Waals surface area contributed by atoms with Gasteiger partial charge in [0.05, 0.1) is 0 Å². The number of halogens is 1. The summed E-state index contributed by atoms with van der Waals surface area (Å²) in [7, 11) is 1.45. The van der Waals surface area contributed by atoms with Crippen LogP contribution in [0.1, 0.15) is 10.4 Å². The second-order valence-corrected chi connectivity index (χ2v) is 5.15. The van der Waals surface area contributed by atoms with Crippen LogP contribution in [0.2, 0.25) is 5.02 Å². The Bertz CT molecular complexity index is 629. The van der Waals surface area contributed by atoms with Gasteiger partial charge in [-0.15, -0.1) is 0 Å². The van der Waals surface area contributed by atoms with E-state index in [0.717, 1.165) is 4.90 Å². The van der Waals surface area contributed by atoms with Crippen LogP contribution in [0, 0.1) is 0 Å². The number of rotatable bonds is 5. The lowest BCUT2D eigenvalue weighted by molar-refractivity contribution is -0.145. The van der Waals surface area contributed by atoms with Gasteiger partial charge in [0, 0.05) is 17.6 Å². The van der Waals surface area contributed by atoms with Crippen molar-refractivity contribution in [2.24, 2.45) is 0 Å². The van der Waals surface area contributed by atoms with Crippen molar-refractivity contribution >= 4 is 35.3 Å². The number of esters is 1. The molecule has 0 aliphatic carbocycles. The van der Waals surface area contributed by atoms with Crippen LogP contribution in [0.15, 0.2) is 24.3 Å². The number of urea groups is 1. The molecular formula is C14H13ClN2O5. The van der Waals surface area contributed by atoms with Gasteiger partial charge in [0.25, 0.3) is 5.91 Å². The zero-order valence-corrected chi connectivity index (χ0v) is 12.5. The highest BCUT2D eigenvalue weighted by Gasteiger charge is 2.35. The van der Waals surface area contributed by atoms with Gasteiger partial charge in [0.15, 0.2) is 12.4 Å². The van der Waals surface area contributed by atoms with Gasteiger partial charge in [-0.1, -0.05) is 11.6 Å². The molecule has 8 heteroatoms. The Labute approximate surface area is 131 Å². The van der Waals surface area contributed by atoms with Gasteiger partial charge >= 0.3 is 12.0 Å². The van der Waals surface area contributed by atoms with Crippen LogP contribution in [0.5, 0.6) is 0 Å². The monoisotopic (exact) mass is 324 g/mol. The number of Topliss-reactive ketones (excluding diaryl/α,β-unsaturated/α-hetero) is 1. The van der Waals surface area contributed by atoms with Crippen LogP contribution in [0.4, 0.5) is 4.79 Å². The van der Waals surface area contributed by atoms with E-state index in [1.54, 1.807) is 12.1 Å². The Kier molecular flexibility index (Phi) is 4.77. The van der Waals surface area contributed by atoms with Crippen LogP contribution in [0.25, 0.3) is 0 Å². The summed E-state index contributed by atoms with van der Waals surface area (Å²) >= 11 is 5.71. The number of hydrogen-bond acceptors (Lipinski definition) is 5. The van der Waals surface area contributed by atoms with E-state index in [1.807, 2.05) is 0 Å². The van der Waals surface area contributed by atoms with Crippen molar-refractivity contribution in [2.45, 2.75) is 0 Å². The van der Waals surface area contributed by atoms with Crippen LogP contribution in [0.3, 0.4) is 0 Å². The van der Waals surface area contributed by atoms with Gasteiger partial charge in [-0.05, 0) is 24.3 Å². The number of amides is 3. The standard InChI is InChI=1S/C14H13ClN2O5/c1-16-6-12(19)17(14(16)21)7-13(20)22-8-11(18)9-2-4-10(15)5-3-9/h2-5H,6-8H2,1H3. The fraction of sp³-hybridized carbons (Fsp3) is 0.286. The summed E-state index contributed by atoms with van der Waals surface area (Å²) in [6.45, 7) is -1.04. The highest BCUT2D eigenvalue weighted by atomic mass is 35.5. The van der Waals surface area contributed by atoms with Crippen LogP contribution in [-0.2, 0) is 14.3 Å². The van der Waals surface area contributed by atoms with Crippen molar-refractivity contribution in [3.05, 3.63) is 34.9 Å². The fourth-order valence-electron chi connectivity index (χ4n) is 1.86. The maximum Gasteiger partial charge on any atom is 0.327 e. The molecule has 0 unspecified atom stereocenters. The average Bonchev–Trinajstić information content (AvgIpc) is 2.72. The second-order valence-electron chi connectivity index (χ2n) is 4.71. The van der Waals surface area contributed by atoms with E-state index in [9.17, 15) is 19.2 Å². The summed E-state index contributed by atoms with van der Waals surface area (Å²) in [4.78, 5) is 48.5. The summed E-state index contributed by atoms with van der Waals surface area (Å²) in [6.07, 6.45) is 0. The number of nitrogens with zero attached hydrogens (tertiary/aromatic N) is 2. The molecule has 1 saturated heterocycles. The molecule has 0 atom stereocenters. The molecule has 1 heterocycles. The molecular weight excluding hydrogens is 312 g/mol. The van der Waals surface area contributed by atoms with Gasteiger partial charge in [-0.2, -0.15) is 0 Å². The Morgan fingerprint density at radius 1 is 1.23 bits per heavy atom. The molecule has 0 spiro atoms. The highest BCUT2D eigenvalue weighted by Crippen LogP contribution is 2.11. The van der Waals surface area contributed by atoms with E-state index >= 15 is 0 Å². The molecule has 22 heavy (non-hydrogen) atoms. The molecule has 116 valence electrons. The third-order valence-electron chi connectivity index (χ3n) is 3.05. The number of ether oxygens (including phenoxy) is 1. The first-order valence-electron chi connectivity index (χ1n) is 6.38. The van der Waals surface area contributed by atoms with Gasteiger partial charge in [-0.25, -0.2) is 4.79 Å². The van der Waals surface area contributed by atoms with Crippen molar-refractivity contribution in [2.75, 3.05) is 26.7 Å². The van der Waals surface area contributed by atoms with Crippen molar-refractivity contribution < 1.29 is 23.9 Å². The lowest BCUT2D eigenvalue weighted by atomic mass is 10.1. The molecule has 7 nitrogen and oxygen atoms in total. The largest absolute Gasteiger partial charge is 0.456 e. The van der Waals surface area contributed by atoms with Crippen LogP contribution in [-0.4, -0.2) is 60.2 Å². The number of carbonyl (C=O) groups excluding carboxylic acids is 4. The number of likely N-dealkylation sites (N-methyl/N-ethyl adjacent to an activating group) is 1. The van der Waals surface area contributed by atoms with Crippen molar-refractivity contribution in [1.82, 2.24) is 9.80 Å². The Balaban J connectivity index is 1.85. The molecule has 0 bridgehead atoms. The second kappa shape index (κ2) is 6.57. The van der Waals surface area contributed by atoms with Crippen LogP contribution >= 0.6 is 11.6 Å². The molecule has 1 fully saturated rings. The van der Waals surface area contributed by atoms with E-state index < -0.39 is 36.8 Å². The molecule has 2 rings (SSSR count). The molecule has 1 aromatic carbocycles. The SMILES string of the molecule is CN1CC(=O)N(CC(=O)OCC(=O)c2ccc(Cl)cc2)C1=O. The Morgan fingerprint density at radius 2 is 1.86 bits per heavy atom. The number of carbonyl (C=O) groups is 4. The minimum Gasteiger partial charge on any atom is -0.456 e. The third-order valence-corrected chi connectivity index (χ3v) is 3.30. The summed E-state index contributed by atoms with van der Waals surface area (Å²) in [5, 5.41) is 0.490. The molecule has 0 aromatic heterocycles. The molecule has 0 saturated carbocycles. The van der Waals surface area contributed by atoms with Gasteiger partial charge in [0.1, 0.15) is 13.1 Å². The normalized spacial score (nSPS) is 14.5. The van der Waals surface area contributed by atoms with Gasteiger partial charge < -0.3 is 9.64 Å². The topological polar surface area (TPSA) is 84.0 Å². The zero-order valence-electron chi connectivity index (χ0n) is 11.7. The Morgan fingerprint density at radius 3 is 2.41 bits per heavy atom. The van der Waals surface area contributed by atoms with Crippen molar-refractivity contribution in [1.29, 1.82) is 0 Å². The summed E-state index contributed by atoms with van der Waals surface area (Å²) in [5.74, 6) is -1.70. The fourth-order valence-corrected chi connectivity index (χ4v) is 1.99. The third kappa shape index (κ3) is 3.62. The van der Waals surface area contributed by atoms with E-state index in [-0.39, 0.29) is 6.54 Å². The predicted molar refractivity (Wildman–Crippen MR) is 76.5 cm³/mol. The summed E-state index contributed by atoms with van der Waals surface area (Å²) in [5.41, 5.74) is 0.352. The van der Waals surface area contributed by atoms with Crippen LogP contribution < -0.4 is 0 Å². The number of benzene rings is 1. The highest BCUT2D eigenvalue weighted by molar-refractivity contribution is 6.30. The lowest BCUT2D eigenvalue weighted by Gasteiger charge is -2.13. The number of ketones is 1. The predicted octanol–water partition coefficient (Wildman–Crippen LogP) is 0.960. The summed E-state index contributed by atoms with van der Waals surface area (Å²) < 4.78 is 4.80. The van der Waals surface area contributed by atoms with Gasteiger partial charge in [0.2, 0.25) is 0 Å². The minimum absolute atomic E-state index is 0.0736. The molecule has 0 N–H and O–H groups in total. The molecule has 1 aliphatic rings. The smallest absolute Gasteiger partial charge is 0.327 e. The lowest BCUT2D eigenvalue weighted by Crippen LogP contribution is -2.37. The number of hydrogen-bond donors (Lipinski definition) is 0. The van der Waals surface area contributed by atoms with Crippen molar-refractivity contribution in [3.63, 3.8) is 0 Å². The van der Waals surface area contributed by atoms with E-state index in [1.165, 1.54) is 24.1 Å². The first-order valence-corrected chi connectivity index (χ1v) is 6.76. The zero-order chi connectivity index (χ0) is 16.3. The Hall–Kier alpha value is -2.41. The first kappa shape index (κ1) is 16.0. The minimum atomic E-state index is -0.820. The molecule has 0 radical (unpaired) electrons. The maximum atomic E-state index is 11.8. The average molecular weight is 325 g/mol. The van der Waals surface area contributed by atoms with E-state index in [4.69, 9.17) is 16.3 Å². The molecule has 1 aliphatic heterocycles. The van der Waals surface area contributed by atoms with Crippen molar-refractivity contribution in [3.8, 4) is 0 Å². The number of imide groups is 1. The first-order chi connectivity index (χ1) is 10.4. The molecule has 3 amide bonds. The quantitative estimate of drug-likeness (QED) is 0.457. The summed E-state index contributed by atoms with van der Waals surface area (Å²) in [6, 6.07) is 5.57. The van der Waals surface area contributed by atoms with E-state index in [2.05, 4.69) is 0 Å². The van der Waals surface area contributed by atoms with E-state index in [0.29, 0.717) is 10.6 Å².